The van der Waals surface area contributed by atoms with Crippen LogP contribution in [-0.4, -0.2) is 11.9 Å². The van der Waals surface area contributed by atoms with Gasteiger partial charge in [-0.05, 0) is 36.6 Å². The lowest BCUT2D eigenvalue weighted by Gasteiger charge is -2.19. The monoisotopic (exact) mass is 334 g/mol. The smallest absolute Gasteiger partial charge is 0.246 e. The summed E-state index contributed by atoms with van der Waals surface area (Å²) in [5, 5.41) is 7.25. The summed E-state index contributed by atoms with van der Waals surface area (Å²) in [6, 6.07) is 14.7. The Bertz CT molecular complexity index is 651. The van der Waals surface area contributed by atoms with Crippen LogP contribution in [0, 0.1) is 0 Å². The first-order valence-corrected chi connectivity index (χ1v) is 7.95. The molecule has 3 rings (SSSR count). The average molecular weight is 335 g/mol. The molecule has 1 aliphatic rings. The van der Waals surface area contributed by atoms with E-state index in [9.17, 15) is 4.79 Å². The molecule has 22 heavy (non-hydrogen) atoms. The number of carbonyl (C=O) groups excluding carboxylic acids is 1. The fourth-order valence-corrected chi connectivity index (χ4v) is 2.82. The largest absolute Gasteiger partial charge is 0.324 e. The van der Waals surface area contributed by atoms with Crippen LogP contribution >= 0.6 is 23.2 Å². The Morgan fingerprint density at radius 3 is 2.27 bits per heavy atom. The van der Waals surface area contributed by atoms with E-state index >= 15 is 0 Å². The maximum absolute atomic E-state index is 12.6. The van der Waals surface area contributed by atoms with Gasteiger partial charge in [0.25, 0.3) is 0 Å². The van der Waals surface area contributed by atoms with Crippen molar-refractivity contribution in [1.29, 1.82) is 0 Å². The molecular formula is C17H16Cl2N2O. The molecule has 1 aliphatic carbocycles. The van der Waals surface area contributed by atoms with Crippen LogP contribution in [0.5, 0.6) is 0 Å². The van der Waals surface area contributed by atoms with E-state index in [2.05, 4.69) is 10.6 Å². The van der Waals surface area contributed by atoms with Gasteiger partial charge in [-0.15, -0.1) is 0 Å². The molecule has 0 radical (unpaired) electrons. The highest BCUT2D eigenvalue weighted by Gasteiger charge is 2.29. The zero-order valence-electron chi connectivity index (χ0n) is 11.9. The molecule has 0 aromatic heterocycles. The van der Waals surface area contributed by atoms with Gasteiger partial charge in [0.2, 0.25) is 5.91 Å². The van der Waals surface area contributed by atoms with Gasteiger partial charge in [0.1, 0.15) is 6.04 Å². The molecule has 2 aromatic rings. The maximum atomic E-state index is 12.6. The van der Waals surface area contributed by atoms with Crippen molar-refractivity contribution in [2.75, 3.05) is 5.32 Å². The van der Waals surface area contributed by atoms with Crippen LogP contribution in [0.4, 0.5) is 5.69 Å². The number of hydrogen-bond donors (Lipinski definition) is 2. The van der Waals surface area contributed by atoms with Gasteiger partial charge in [-0.2, -0.15) is 0 Å². The summed E-state index contributed by atoms with van der Waals surface area (Å²) >= 11 is 11.9. The molecule has 2 N–H and O–H groups in total. The molecule has 1 fully saturated rings. The minimum absolute atomic E-state index is 0.114. The first-order chi connectivity index (χ1) is 10.6. The molecule has 1 amide bonds. The predicted molar refractivity (Wildman–Crippen MR) is 90.4 cm³/mol. The molecule has 0 bridgehead atoms. The zero-order valence-corrected chi connectivity index (χ0v) is 13.4. The molecule has 0 saturated heterocycles. The molecule has 1 atom stereocenters. The van der Waals surface area contributed by atoms with Gasteiger partial charge in [-0.1, -0.05) is 53.5 Å². The second-order valence-corrected chi connectivity index (χ2v) is 6.30. The Balaban J connectivity index is 1.79. The first kappa shape index (κ1) is 15.3. The molecule has 0 unspecified atom stereocenters. The van der Waals surface area contributed by atoms with Crippen molar-refractivity contribution in [2.24, 2.45) is 0 Å². The molecular weight excluding hydrogens is 319 g/mol. The van der Waals surface area contributed by atoms with Crippen LogP contribution in [0.2, 0.25) is 10.0 Å². The topological polar surface area (TPSA) is 41.1 Å². The summed E-state index contributed by atoms with van der Waals surface area (Å²) in [7, 11) is 0. The number of benzene rings is 2. The van der Waals surface area contributed by atoms with Gasteiger partial charge in [0, 0.05) is 21.8 Å². The fraction of sp³-hybridized carbons (Fsp3) is 0.235. The van der Waals surface area contributed by atoms with Gasteiger partial charge in [-0.25, -0.2) is 0 Å². The van der Waals surface area contributed by atoms with E-state index < -0.39 is 0 Å². The number of rotatable bonds is 5. The van der Waals surface area contributed by atoms with Gasteiger partial charge in [-0.3, -0.25) is 10.1 Å². The number of carbonyl (C=O) groups is 1. The summed E-state index contributed by atoms with van der Waals surface area (Å²) in [6.45, 7) is 0. The lowest BCUT2D eigenvalue weighted by atomic mass is 10.1. The summed E-state index contributed by atoms with van der Waals surface area (Å²) in [5.74, 6) is -0.114. The highest BCUT2D eigenvalue weighted by atomic mass is 35.5. The minimum atomic E-state index is -0.383. The number of halogens is 2. The van der Waals surface area contributed by atoms with Gasteiger partial charge in [0.05, 0.1) is 0 Å². The van der Waals surface area contributed by atoms with Crippen LogP contribution in [0.1, 0.15) is 24.4 Å². The maximum Gasteiger partial charge on any atom is 0.246 e. The van der Waals surface area contributed by atoms with Crippen molar-refractivity contribution in [3.8, 4) is 0 Å². The molecule has 2 aromatic carbocycles. The number of nitrogens with one attached hydrogen (secondary N) is 2. The van der Waals surface area contributed by atoms with Crippen molar-refractivity contribution < 1.29 is 4.79 Å². The highest BCUT2D eigenvalue weighted by Crippen LogP contribution is 2.27. The highest BCUT2D eigenvalue weighted by molar-refractivity contribution is 6.35. The van der Waals surface area contributed by atoms with Gasteiger partial charge < -0.3 is 5.32 Å². The predicted octanol–water partition coefficient (Wildman–Crippen LogP) is 4.43. The van der Waals surface area contributed by atoms with Crippen molar-refractivity contribution in [1.82, 2.24) is 5.32 Å². The quantitative estimate of drug-likeness (QED) is 0.849. The summed E-state index contributed by atoms with van der Waals surface area (Å²) in [5.41, 5.74) is 1.54. The molecule has 0 spiro atoms. The van der Waals surface area contributed by atoms with Crippen LogP contribution in [0.3, 0.4) is 0 Å². The molecule has 3 nitrogen and oxygen atoms in total. The number of hydrogen-bond acceptors (Lipinski definition) is 2. The SMILES string of the molecule is O=C(Nc1cc(Cl)cc(Cl)c1)[C@H](NC1CC1)c1ccccc1. The van der Waals surface area contributed by atoms with E-state index in [0.717, 1.165) is 18.4 Å². The number of amides is 1. The number of anilines is 1. The molecule has 114 valence electrons. The molecule has 1 saturated carbocycles. The zero-order chi connectivity index (χ0) is 15.5. The normalized spacial score (nSPS) is 15.4. The molecule has 0 heterocycles. The average Bonchev–Trinajstić information content (AvgIpc) is 3.28. The summed E-state index contributed by atoms with van der Waals surface area (Å²) in [6.07, 6.45) is 2.22. The molecule has 5 heteroatoms. The van der Waals surface area contributed by atoms with Crippen molar-refractivity contribution in [3.63, 3.8) is 0 Å². The van der Waals surface area contributed by atoms with Gasteiger partial charge >= 0.3 is 0 Å². The van der Waals surface area contributed by atoms with Crippen molar-refractivity contribution in [3.05, 3.63) is 64.1 Å². The minimum Gasteiger partial charge on any atom is -0.324 e. The first-order valence-electron chi connectivity index (χ1n) is 7.20. The lowest BCUT2D eigenvalue weighted by molar-refractivity contribution is -0.118. The van der Waals surface area contributed by atoms with E-state index in [0.29, 0.717) is 21.8 Å². The third-order valence-electron chi connectivity index (χ3n) is 3.50. The van der Waals surface area contributed by atoms with E-state index in [4.69, 9.17) is 23.2 Å². The Kier molecular flexibility index (Phi) is 4.67. The van der Waals surface area contributed by atoms with Crippen LogP contribution < -0.4 is 10.6 Å². The Labute approximate surface area is 139 Å². The summed E-state index contributed by atoms with van der Waals surface area (Å²) in [4.78, 5) is 12.6. The van der Waals surface area contributed by atoms with Gasteiger partial charge in [0.15, 0.2) is 0 Å². The second kappa shape index (κ2) is 6.69. The van der Waals surface area contributed by atoms with Crippen molar-refractivity contribution >= 4 is 34.8 Å². The van der Waals surface area contributed by atoms with E-state index in [1.807, 2.05) is 30.3 Å². The van der Waals surface area contributed by atoms with Crippen LogP contribution in [0.15, 0.2) is 48.5 Å². The van der Waals surface area contributed by atoms with Crippen LogP contribution in [-0.2, 0) is 4.79 Å². The third-order valence-corrected chi connectivity index (χ3v) is 3.94. The van der Waals surface area contributed by atoms with Crippen LogP contribution in [0.25, 0.3) is 0 Å². The molecule has 0 aliphatic heterocycles. The van der Waals surface area contributed by atoms with E-state index in [1.165, 1.54) is 0 Å². The lowest BCUT2D eigenvalue weighted by Crippen LogP contribution is -2.34. The Hall–Kier alpha value is -1.55. The second-order valence-electron chi connectivity index (χ2n) is 5.43. The van der Waals surface area contributed by atoms with E-state index in [1.54, 1.807) is 18.2 Å². The Morgan fingerprint density at radius 2 is 1.68 bits per heavy atom. The van der Waals surface area contributed by atoms with Crippen molar-refractivity contribution in [2.45, 2.75) is 24.9 Å². The fourth-order valence-electron chi connectivity index (χ4n) is 2.29. The Morgan fingerprint density at radius 1 is 1.05 bits per heavy atom. The summed E-state index contributed by atoms with van der Waals surface area (Å²) < 4.78 is 0. The third kappa shape index (κ3) is 4.01. The standard InChI is InChI=1S/C17H16Cl2N2O/c18-12-8-13(19)10-15(9-12)21-17(22)16(20-14-6-7-14)11-4-2-1-3-5-11/h1-5,8-10,14,16,20H,6-7H2,(H,21,22)/t16-/m1/s1. The van der Waals surface area contributed by atoms with E-state index in [-0.39, 0.29) is 11.9 Å².